The van der Waals surface area contributed by atoms with Gasteiger partial charge in [0.1, 0.15) is 0 Å². The van der Waals surface area contributed by atoms with Crippen molar-refractivity contribution in [3.05, 3.63) is 0 Å². The van der Waals surface area contributed by atoms with Crippen molar-refractivity contribution >= 4 is 0 Å². The van der Waals surface area contributed by atoms with Crippen LogP contribution < -0.4 is 5.32 Å². The Labute approximate surface area is 87.8 Å². The Kier molecular flexibility index (Phi) is 6.15. The minimum absolute atomic E-state index is 0.739. The van der Waals surface area contributed by atoms with E-state index in [2.05, 4.69) is 24.2 Å². The molecular weight excluding hydrogens is 176 g/mol. The van der Waals surface area contributed by atoms with Gasteiger partial charge in [-0.3, -0.25) is 0 Å². The van der Waals surface area contributed by atoms with Crippen LogP contribution in [-0.4, -0.2) is 50.8 Å². The lowest BCUT2D eigenvalue weighted by Gasteiger charge is -2.31. The molecule has 0 aromatic carbocycles. The predicted molar refractivity (Wildman–Crippen MR) is 59.6 cm³/mol. The van der Waals surface area contributed by atoms with E-state index in [4.69, 9.17) is 4.74 Å². The number of nitrogens with zero attached hydrogens (tertiary/aromatic N) is 1. The van der Waals surface area contributed by atoms with E-state index in [1.54, 1.807) is 0 Å². The van der Waals surface area contributed by atoms with Crippen molar-refractivity contribution in [1.29, 1.82) is 0 Å². The average Bonchev–Trinajstić information content (AvgIpc) is 2.25. The number of ether oxygens (including phenoxy) is 1. The highest BCUT2D eigenvalue weighted by Crippen LogP contribution is 2.08. The second-order valence-electron chi connectivity index (χ2n) is 4.02. The van der Waals surface area contributed by atoms with E-state index in [9.17, 15) is 0 Å². The molecule has 0 unspecified atom stereocenters. The topological polar surface area (TPSA) is 24.5 Å². The van der Waals surface area contributed by atoms with Crippen molar-refractivity contribution in [2.24, 2.45) is 0 Å². The number of rotatable bonds is 6. The molecule has 0 saturated carbocycles. The minimum atomic E-state index is 0.739. The van der Waals surface area contributed by atoms with Crippen LogP contribution in [0, 0.1) is 0 Å². The molecule has 1 aliphatic rings. The highest BCUT2D eigenvalue weighted by atomic mass is 16.5. The van der Waals surface area contributed by atoms with Crippen molar-refractivity contribution in [2.75, 3.05) is 39.9 Å². The van der Waals surface area contributed by atoms with Crippen LogP contribution in [0.15, 0.2) is 0 Å². The van der Waals surface area contributed by atoms with Crippen LogP contribution in [0.4, 0.5) is 0 Å². The number of hydrogen-bond acceptors (Lipinski definition) is 3. The van der Waals surface area contributed by atoms with Gasteiger partial charge in [0.05, 0.1) is 6.61 Å². The van der Waals surface area contributed by atoms with Gasteiger partial charge in [-0.1, -0.05) is 6.92 Å². The zero-order valence-corrected chi connectivity index (χ0v) is 9.59. The second-order valence-corrected chi connectivity index (χ2v) is 4.02. The van der Waals surface area contributed by atoms with Gasteiger partial charge in [0, 0.05) is 19.2 Å². The lowest BCUT2D eigenvalue weighted by atomic mass is 10.1. The van der Waals surface area contributed by atoms with Crippen LogP contribution in [0.3, 0.4) is 0 Å². The molecule has 1 heterocycles. The Hall–Kier alpha value is -0.120. The highest BCUT2D eigenvalue weighted by molar-refractivity contribution is 4.75. The first kappa shape index (κ1) is 12.0. The molecule has 1 fully saturated rings. The Morgan fingerprint density at radius 3 is 2.57 bits per heavy atom. The molecule has 0 atom stereocenters. The van der Waals surface area contributed by atoms with E-state index in [1.807, 2.05) is 0 Å². The number of hydrogen-bond donors (Lipinski definition) is 1. The molecule has 3 heteroatoms. The number of likely N-dealkylation sites (tertiary alicyclic amines) is 1. The van der Waals surface area contributed by atoms with Crippen molar-refractivity contribution in [3.8, 4) is 0 Å². The molecule has 1 aliphatic heterocycles. The minimum Gasteiger partial charge on any atom is -0.380 e. The zero-order chi connectivity index (χ0) is 10.2. The molecule has 0 spiro atoms. The van der Waals surface area contributed by atoms with E-state index in [1.165, 1.54) is 25.9 Å². The number of piperidine rings is 1. The van der Waals surface area contributed by atoms with Crippen molar-refractivity contribution in [2.45, 2.75) is 32.2 Å². The van der Waals surface area contributed by atoms with E-state index in [-0.39, 0.29) is 0 Å². The first-order valence-electron chi connectivity index (χ1n) is 5.84. The van der Waals surface area contributed by atoms with Crippen LogP contribution in [0.5, 0.6) is 0 Å². The van der Waals surface area contributed by atoms with E-state index >= 15 is 0 Å². The zero-order valence-electron chi connectivity index (χ0n) is 9.59. The molecule has 1 rings (SSSR count). The molecule has 0 amide bonds. The summed E-state index contributed by atoms with van der Waals surface area (Å²) in [4.78, 5) is 2.50. The lowest BCUT2D eigenvalue weighted by Crippen LogP contribution is -2.42. The molecule has 1 N–H and O–H groups in total. The maximum atomic E-state index is 5.48. The van der Waals surface area contributed by atoms with E-state index in [0.29, 0.717) is 0 Å². The summed E-state index contributed by atoms with van der Waals surface area (Å²) in [5.41, 5.74) is 0. The fourth-order valence-corrected chi connectivity index (χ4v) is 1.89. The molecule has 0 radical (unpaired) electrons. The monoisotopic (exact) mass is 200 g/mol. The summed E-state index contributed by atoms with van der Waals surface area (Å²) >= 11 is 0. The fourth-order valence-electron chi connectivity index (χ4n) is 1.89. The van der Waals surface area contributed by atoms with Crippen LogP contribution >= 0.6 is 0 Å². The molecule has 84 valence electrons. The smallest absolute Gasteiger partial charge is 0.0593 e. The van der Waals surface area contributed by atoms with Gasteiger partial charge in [-0.15, -0.1) is 0 Å². The van der Waals surface area contributed by atoms with Gasteiger partial charge in [-0.25, -0.2) is 0 Å². The van der Waals surface area contributed by atoms with Gasteiger partial charge in [-0.05, 0) is 39.4 Å². The Bertz CT molecular complexity index is 133. The fraction of sp³-hybridized carbons (Fsp3) is 1.00. The van der Waals surface area contributed by atoms with Crippen molar-refractivity contribution < 1.29 is 4.74 Å². The lowest BCUT2D eigenvalue weighted by molar-refractivity contribution is 0.0927. The van der Waals surface area contributed by atoms with Crippen LogP contribution in [0.1, 0.15) is 26.2 Å². The molecule has 14 heavy (non-hydrogen) atoms. The van der Waals surface area contributed by atoms with Gasteiger partial charge in [0.2, 0.25) is 0 Å². The summed E-state index contributed by atoms with van der Waals surface area (Å²) in [6.45, 7) is 7.52. The van der Waals surface area contributed by atoms with E-state index < -0.39 is 0 Å². The van der Waals surface area contributed by atoms with Gasteiger partial charge < -0.3 is 15.0 Å². The summed E-state index contributed by atoms with van der Waals surface area (Å²) in [7, 11) is 2.06. The quantitative estimate of drug-likeness (QED) is 0.650. The average molecular weight is 200 g/mol. The third-order valence-corrected chi connectivity index (χ3v) is 2.90. The van der Waals surface area contributed by atoms with Gasteiger partial charge in [0.15, 0.2) is 0 Å². The third kappa shape index (κ3) is 4.40. The maximum Gasteiger partial charge on any atom is 0.0593 e. The van der Waals surface area contributed by atoms with Gasteiger partial charge >= 0.3 is 0 Å². The van der Waals surface area contributed by atoms with Crippen molar-refractivity contribution in [3.63, 3.8) is 0 Å². The SMILES string of the molecule is CCCOCCN1CCC(NC)CC1. The van der Waals surface area contributed by atoms with Crippen LogP contribution in [-0.2, 0) is 4.74 Å². The standard InChI is InChI=1S/C11H24N2O/c1-3-9-14-10-8-13-6-4-11(12-2)5-7-13/h11-12H,3-10H2,1-2H3. The van der Waals surface area contributed by atoms with Crippen LogP contribution in [0.2, 0.25) is 0 Å². The van der Waals surface area contributed by atoms with Gasteiger partial charge in [0.25, 0.3) is 0 Å². The summed E-state index contributed by atoms with van der Waals surface area (Å²) in [5.74, 6) is 0. The summed E-state index contributed by atoms with van der Waals surface area (Å²) in [6, 6.07) is 0.739. The highest BCUT2D eigenvalue weighted by Gasteiger charge is 2.16. The Morgan fingerprint density at radius 1 is 1.29 bits per heavy atom. The summed E-state index contributed by atoms with van der Waals surface area (Å²) in [5, 5.41) is 3.34. The van der Waals surface area contributed by atoms with Crippen LogP contribution in [0.25, 0.3) is 0 Å². The largest absolute Gasteiger partial charge is 0.380 e. The molecule has 0 aliphatic carbocycles. The second kappa shape index (κ2) is 7.21. The van der Waals surface area contributed by atoms with Gasteiger partial charge in [-0.2, -0.15) is 0 Å². The van der Waals surface area contributed by atoms with Crippen molar-refractivity contribution in [1.82, 2.24) is 10.2 Å². The molecule has 0 bridgehead atoms. The molecule has 1 saturated heterocycles. The molecule has 3 nitrogen and oxygen atoms in total. The first-order valence-corrected chi connectivity index (χ1v) is 5.84. The summed E-state index contributed by atoms with van der Waals surface area (Å²) < 4.78 is 5.48. The first-order chi connectivity index (χ1) is 6.86. The van der Waals surface area contributed by atoms with E-state index in [0.717, 1.165) is 32.2 Å². The maximum absolute atomic E-state index is 5.48. The number of nitrogens with one attached hydrogen (secondary N) is 1. The Morgan fingerprint density at radius 2 is 2.00 bits per heavy atom. The predicted octanol–water partition coefficient (Wildman–Crippen LogP) is 1.10. The molecular formula is C11H24N2O. The Balaban J connectivity index is 1.98. The normalized spacial score (nSPS) is 20.1. The molecule has 0 aromatic heterocycles. The molecule has 0 aromatic rings. The summed E-state index contributed by atoms with van der Waals surface area (Å²) in [6.07, 6.45) is 3.69. The third-order valence-electron chi connectivity index (χ3n) is 2.90.